The number of aromatic nitrogens is 2. The number of H-pyrrole nitrogens is 1. The Morgan fingerprint density at radius 1 is 1.23 bits per heavy atom. The van der Waals surface area contributed by atoms with Gasteiger partial charge in [0, 0.05) is 31.5 Å². The van der Waals surface area contributed by atoms with Gasteiger partial charge in [0.05, 0.1) is 0 Å². The van der Waals surface area contributed by atoms with Crippen molar-refractivity contribution in [1.82, 2.24) is 14.5 Å². The molecule has 6 nitrogen and oxygen atoms in total. The topological polar surface area (TPSA) is 67.3 Å². The van der Waals surface area contributed by atoms with Gasteiger partial charge in [0.25, 0.3) is 0 Å². The summed E-state index contributed by atoms with van der Waals surface area (Å²) >= 11 is 0. The Hall–Kier alpha value is -2.50. The van der Waals surface area contributed by atoms with Gasteiger partial charge in [0.15, 0.2) is 0 Å². The van der Waals surface area contributed by atoms with Gasteiger partial charge in [-0.1, -0.05) is 30.3 Å². The third-order valence-electron chi connectivity index (χ3n) is 4.00. The number of carbonyl (C=O) groups excluding carboxylic acids is 1. The highest BCUT2D eigenvalue weighted by Crippen LogP contribution is 2.21. The molecule has 3 rings (SSSR count). The van der Waals surface area contributed by atoms with Crippen molar-refractivity contribution in [3.05, 3.63) is 58.8 Å². The maximum Gasteiger partial charge on any atom is 0.410 e. The molecule has 1 aliphatic rings. The molecule has 0 spiro atoms. The SMILES string of the molecule is O=C(OCc1ccccc1)N1CCC(n2cc[nH]c2=O)CC1. The van der Waals surface area contributed by atoms with E-state index in [1.807, 2.05) is 30.3 Å². The standard InChI is InChI=1S/C16H19N3O3/c20-15-17-8-11-19(15)14-6-9-18(10-7-14)16(21)22-12-13-4-2-1-3-5-13/h1-5,8,11,14H,6-7,9-10,12H2,(H,17,20). The summed E-state index contributed by atoms with van der Waals surface area (Å²) in [6.45, 7) is 1.50. The van der Waals surface area contributed by atoms with Crippen molar-refractivity contribution in [2.24, 2.45) is 0 Å². The molecule has 0 bridgehead atoms. The van der Waals surface area contributed by atoms with Crippen molar-refractivity contribution in [2.75, 3.05) is 13.1 Å². The number of benzene rings is 1. The van der Waals surface area contributed by atoms with Gasteiger partial charge in [0.2, 0.25) is 0 Å². The average molecular weight is 301 g/mol. The summed E-state index contributed by atoms with van der Waals surface area (Å²) in [7, 11) is 0. The zero-order chi connectivity index (χ0) is 15.4. The minimum Gasteiger partial charge on any atom is -0.445 e. The van der Waals surface area contributed by atoms with Crippen LogP contribution >= 0.6 is 0 Å². The van der Waals surface area contributed by atoms with Crippen LogP contribution in [0.4, 0.5) is 4.79 Å². The maximum absolute atomic E-state index is 12.1. The van der Waals surface area contributed by atoms with E-state index in [0.717, 1.165) is 18.4 Å². The fourth-order valence-electron chi connectivity index (χ4n) is 2.76. The van der Waals surface area contributed by atoms with E-state index in [1.165, 1.54) is 0 Å². The molecule has 0 aliphatic carbocycles. The van der Waals surface area contributed by atoms with Crippen molar-refractivity contribution in [3.63, 3.8) is 0 Å². The van der Waals surface area contributed by atoms with Crippen molar-refractivity contribution < 1.29 is 9.53 Å². The van der Waals surface area contributed by atoms with E-state index >= 15 is 0 Å². The van der Waals surface area contributed by atoms with Gasteiger partial charge < -0.3 is 14.6 Å². The largest absolute Gasteiger partial charge is 0.445 e. The maximum atomic E-state index is 12.1. The summed E-state index contributed by atoms with van der Waals surface area (Å²) in [5.41, 5.74) is 0.884. The number of rotatable bonds is 3. The third kappa shape index (κ3) is 3.21. The molecule has 1 N–H and O–H groups in total. The van der Waals surface area contributed by atoms with Gasteiger partial charge in [0.1, 0.15) is 6.61 Å². The van der Waals surface area contributed by atoms with Crippen LogP contribution in [0.1, 0.15) is 24.4 Å². The van der Waals surface area contributed by atoms with Gasteiger partial charge in [-0.25, -0.2) is 9.59 Å². The Balaban J connectivity index is 1.50. The first-order valence-corrected chi connectivity index (χ1v) is 7.45. The van der Waals surface area contributed by atoms with Crippen LogP contribution in [0, 0.1) is 0 Å². The summed E-state index contributed by atoms with van der Waals surface area (Å²) in [5.74, 6) is 0. The molecule has 0 radical (unpaired) electrons. The highest BCUT2D eigenvalue weighted by molar-refractivity contribution is 5.67. The van der Waals surface area contributed by atoms with Gasteiger partial charge in [-0.05, 0) is 18.4 Å². The molecule has 0 unspecified atom stereocenters. The molecule has 1 aromatic carbocycles. The number of hydrogen-bond acceptors (Lipinski definition) is 3. The molecule has 6 heteroatoms. The molecule has 2 aromatic rings. The summed E-state index contributed by atoms with van der Waals surface area (Å²) in [6, 6.07) is 9.78. The predicted octanol–water partition coefficient (Wildman–Crippen LogP) is 2.15. The molecule has 1 aliphatic heterocycles. The van der Waals surface area contributed by atoms with Crippen molar-refractivity contribution in [2.45, 2.75) is 25.5 Å². The van der Waals surface area contributed by atoms with E-state index in [4.69, 9.17) is 4.74 Å². The van der Waals surface area contributed by atoms with Crippen molar-refractivity contribution in [3.8, 4) is 0 Å². The molecule has 116 valence electrons. The van der Waals surface area contributed by atoms with Crippen LogP contribution in [0.25, 0.3) is 0 Å². The molecule has 1 fully saturated rings. The molecule has 0 saturated carbocycles. The van der Waals surface area contributed by atoms with Crippen LogP contribution in [0.2, 0.25) is 0 Å². The minimum atomic E-state index is -0.288. The summed E-state index contributed by atoms with van der Waals surface area (Å²) in [5, 5.41) is 0. The number of imidazole rings is 1. The predicted molar refractivity (Wildman–Crippen MR) is 81.5 cm³/mol. The average Bonchev–Trinajstić information content (AvgIpc) is 3.00. The number of aromatic amines is 1. The quantitative estimate of drug-likeness (QED) is 0.944. The molecule has 0 atom stereocenters. The highest BCUT2D eigenvalue weighted by Gasteiger charge is 2.25. The lowest BCUT2D eigenvalue weighted by Crippen LogP contribution is -2.40. The fourth-order valence-corrected chi connectivity index (χ4v) is 2.76. The van der Waals surface area contributed by atoms with E-state index in [9.17, 15) is 9.59 Å². The summed E-state index contributed by atoms with van der Waals surface area (Å²) in [4.78, 5) is 28.0. The van der Waals surface area contributed by atoms with Gasteiger partial charge in [-0.3, -0.25) is 4.57 Å². The Labute approximate surface area is 128 Å². The van der Waals surface area contributed by atoms with Gasteiger partial charge in [-0.2, -0.15) is 0 Å². The number of amides is 1. The van der Waals surface area contributed by atoms with Crippen LogP contribution in [0.3, 0.4) is 0 Å². The zero-order valence-electron chi connectivity index (χ0n) is 12.3. The van der Waals surface area contributed by atoms with Crippen LogP contribution in [-0.2, 0) is 11.3 Å². The first-order valence-electron chi connectivity index (χ1n) is 7.45. The van der Waals surface area contributed by atoms with Crippen LogP contribution in [-0.4, -0.2) is 33.6 Å². The number of nitrogens with zero attached hydrogens (tertiary/aromatic N) is 2. The number of likely N-dealkylation sites (tertiary alicyclic amines) is 1. The number of ether oxygens (including phenoxy) is 1. The van der Waals surface area contributed by atoms with Crippen molar-refractivity contribution >= 4 is 6.09 Å². The van der Waals surface area contributed by atoms with Gasteiger partial charge >= 0.3 is 11.8 Å². The molecular weight excluding hydrogens is 282 g/mol. The Bertz CT molecular complexity index is 669. The first kappa shape index (κ1) is 14.4. The number of nitrogens with one attached hydrogen (secondary N) is 1. The molecule has 1 amide bonds. The molecule has 22 heavy (non-hydrogen) atoms. The number of carbonyl (C=O) groups is 1. The van der Waals surface area contributed by atoms with Crippen LogP contribution in [0.15, 0.2) is 47.5 Å². The second-order valence-electron chi connectivity index (χ2n) is 5.43. The Morgan fingerprint density at radius 2 is 1.95 bits per heavy atom. The monoisotopic (exact) mass is 301 g/mol. The van der Waals surface area contributed by atoms with E-state index < -0.39 is 0 Å². The van der Waals surface area contributed by atoms with Crippen LogP contribution < -0.4 is 5.69 Å². The Morgan fingerprint density at radius 3 is 2.59 bits per heavy atom. The van der Waals surface area contributed by atoms with Crippen molar-refractivity contribution in [1.29, 1.82) is 0 Å². The summed E-state index contributed by atoms with van der Waals surface area (Å²) in [6.07, 6.45) is 4.64. The van der Waals surface area contributed by atoms with E-state index in [2.05, 4.69) is 4.98 Å². The fraction of sp³-hybridized carbons (Fsp3) is 0.375. The molecular formula is C16H19N3O3. The second kappa shape index (κ2) is 6.51. The second-order valence-corrected chi connectivity index (χ2v) is 5.43. The summed E-state index contributed by atoms with van der Waals surface area (Å²) < 4.78 is 7.03. The smallest absolute Gasteiger partial charge is 0.410 e. The minimum absolute atomic E-state index is 0.0925. The van der Waals surface area contributed by atoms with E-state index in [1.54, 1.807) is 21.9 Å². The zero-order valence-corrected chi connectivity index (χ0v) is 12.3. The molecule has 1 aromatic heterocycles. The first-order chi connectivity index (χ1) is 10.7. The lowest BCUT2D eigenvalue weighted by atomic mass is 10.1. The number of piperidine rings is 1. The molecule has 2 heterocycles. The van der Waals surface area contributed by atoms with E-state index in [-0.39, 0.29) is 24.4 Å². The van der Waals surface area contributed by atoms with Gasteiger partial charge in [-0.15, -0.1) is 0 Å². The van der Waals surface area contributed by atoms with Crippen LogP contribution in [0.5, 0.6) is 0 Å². The highest BCUT2D eigenvalue weighted by atomic mass is 16.6. The lowest BCUT2D eigenvalue weighted by Gasteiger charge is -2.31. The van der Waals surface area contributed by atoms with E-state index in [0.29, 0.717) is 13.1 Å². The lowest BCUT2D eigenvalue weighted by molar-refractivity contribution is 0.0829. The Kier molecular flexibility index (Phi) is 4.27. The molecule has 1 saturated heterocycles. The number of hydrogen-bond donors (Lipinski definition) is 1. The normalized spacial score (nSPS) is 15.7. The third-order valence-corrected chi connectivity index (χ3v) is 4.00.